The van der Waals surface area contributed by atoms with Crippen LogP contribution in [-0.4, -0.2) is 43.4 Å². The average molecular weight is 313 g/mol. The van der Waals surface area contributed by atoms with E-state index in [9.17, 15) is 5.11 Å². The second kappa shape index (κ2) is 8.02. The van der Waals surface area contributed by atoms with Gasteiger partial charge in [0.1, 0.15) is 5.75 Å². The summed E-state index contributed by atoms with van der Waals surface area (Å²) in [5.41, 5.74) is 0.654. The van der Waals surface area contributed by atoms with Crippen molar-refractivity contribution in [3.8, 4) is 5.75 Å². The molecular weight excluding hydrogens is 286 g/mol. The second-order valence-electron chi connectivity index (χ2n) is 6.25. The molecule has 1 aliphatic rings. The first-order valence-electron chi connectivity index (χ1n) is 7.56. The fourth-order valence-corrected chi connectivity index (χ4v) is 3.30. The van der Waals surface area contributed by atoms with E-state index in [1.54, 1.807) is 7.11 Å². The molecule has 0 radical (unpaired) electrons. The monoisotopic (exact) mass is 312 g/mol. The predicted octanol–water partition coefficient (Wildman–Crippen LogP) is 0.0396. The summed E-state index contributed by atoms with van der Waals surface area (Å²) in [4.78, 5) is 2.17. The van der Waals surface area contributed by atoms with Crippen LogP contribution in [0.3, 0.4) is 0 Å². The Bertz CT molecular complexity index is 413. The van der Waals surface area contributed by atoms with E-state index in [-0.39, 0.29) is 18.3 Å². The second-order valence-corrected chi connectivity index (χ2v) is 6.25. The molecule has 21 heavy (non-hydrogen) atoms. The minimum absolute atomic E-state index is 0. The van der Waals surface area contributed by atoms with E-state index in [0.29, 0.717) is 0 Å². The van der Waals surface area contributed by atoms with Crippen LogP contribution >= 0.6 is 0 Å². The molecule has 1 N–H and O–H groups in total. The molecule has 0 heterocycles. The molecule has 1 atom stereocenters. The Labute approximate surface area is 134 Å². The van der Waals surface area contributed by atoms with Crippen LogP contribution in [0.1, 0.15) is 43.6 Å². The zero-order valence-corrected chi connectivity index (χ0v) is 14.1. The molecule has 120 valence electrons. The molecule has 0 aromatic heterocycles. The highest BCUT2D eigenvalue weighted by atomic mass is 35.5. The molecule has 1 aliphatic carbocycles. The van der Waals surface area contributed by atoms with E-state index in [4.69, 9.17) is 4.74 Å². The van der Waals surface area contributed by atoms with Crippen molar-refractivity contribution in [3.63, 3.8) is 0 Å². The van der Waals surface area contributed by atoms with Gasteiger partial charge in [-0.2, -0.15) is 0 Å². The summed E-state index contributed by atoms with van der Waals surface area (Å²) in [5, 5.41) is 11.1. The summed E-state index contributed by atoms with van der Waals surface area (Å²) in [6, 6.07) is 8.17. The third-order valence-corrected chi connectivity index (χ3v) is 4.43. The molecule has 1 fully saturated rings. The first kappa shape index (κ1) is 18.3. The molecule has 1 aromatic rings. The number of methoxy groups -OCH3 is 1. The Hall–Kier alpha value is -0.770. The lowest BCUT2D eigenvalue weighted by Gasteiger charge is -2.40. The number of hydrogen-bond donors (Lipinski definition) is 1. The van der Waals surface area contributed by atoms with Crippen LogP contribution < -0.4 is 17.1 Å². The first-order valence-corrected chi connectivity index (χ1v) is 7.56. The van der Waals surface area contributed by atoms with Crippen LogP contribution in [0.15, 0.2) is 24.3 Å². The number of likely N-dealkylation sites (N-methyl/N-ethyl adjacent to an activating group) is 1. The third kappa shape index (κ3) is 4.60. The summed E-state index contributed by atoms with van der Waals surface area (Å²) >= 11 is 0. The summed E-state index contributed by atoms with van der Waals surface area (Å²) in [5.74, 6) is 1.04. The van der Waals surface area contributed by atoms with E-state index in [0.717, 1.165) is 38.0 Å². The summed E-state index contributed by atoms with van der Waals surface area (Å²) in [7, 11) is 5.83. The number of rotatable bonds is 5. The number of halogens is 1. The number of ether oxygens (including phenoxy) is 1. The Balaban J connectivity index is 0.00000220. The molecule has 0 spiro atoms. The molecule has 0 bridgehead atoms. The molecule has 0 saturated heterocycles. The lowest BCUT2D eigenvalue weighted by atomic mass is 9.72. The van der Waals surface area contributed by atoms with Crippen LogP contribution in [0.25, 0.3) is 0 Å². The standard InChI is InChI=1S/C17H27NO2.ClH/c1-18(2)13-16(17(19)11-5-4-6-12-17)14-7-9-15(20-3)10-8-14;/h7-10,16,19H,4-6,11-13H2,1-3H3;1H/p-1. The van der Waals surface area contributed by atoms with Crippen molar-refractivity contribution in [1.82, 2.24) is 4.90 Å². The molecule has 4 heteroatoms. The molecular formula is C17H27ClNO2-. The van der Waals surface area contributed by atoms with Gasteiger partial charge in [0.05, 0.1) is 12.7 Å². The van der Waals surface area contributed by atoms with Gasteiger partial charge in [-0.1, -0.05) is 31.4 Å². The topological polar surface area (TPSA) is 32.7 Å². The normalized spacial score (nSPS) is 18.9. The van der Waals surface area contributed by atoms with Crippen molar-refractivity contribution in [1.29, 1.82) is 0 Å². The third-order valence-electron chi connectivity index (χ3n) is 4.43. The fraction of sp³-hybridized carbons (Fsp3) is 0.647. The van der Waals surface area contributed by atoms with Crippen LogP contribution in [0.2, 0.25) is 0 Å². The summed E-state index contributed by atoms with van der Waals surface area (Å²) < 4.78 is 5.23. The minimum atomic E-state index is -0.558. The first-order chi connectivity index (χ1) is 9.55. The molecule has 1 aromatic carbocycles. The van der Waals surface area contributed by atoms with E-state index in [1.165, 1.54) is 12.0 Å². The minimum Gasteiger partial charge on any atom is -1.00 e. The van der Waals surface area contributed by atoms with Crippen LogP contribution in [0.5, 0.6) is 5.75 Å². The van der Waals surface area contributed by atoms with Gasteiger partial charge >= 0.3 is 0 Å². The number of hydrogen-bond acceptors (Lipinski definition) is 3. The van der Waals surface area contributed by atoms with Crippen molar-refractivity contribution >= 4 is 0 Å². The maximum atomic E-state index is 11.1. The number of aliphatic hydroxyl groups is 1. The molecule has 0 aliphatic heterocycles. The van der Waals surface area contributed by atoms with Gasteiger partial charge < -0.3 is 27.2 Å². The van der Waals surface area contributed by atoms with Crippen LogP contribution in [-0.2, 0) is 0 Å². The average Bonchev–Trinajstić information content (AvgIpc) is 2.45. The molecule has 3 nitrogen and oxygen atoms in total. The maximum absolute atomic E-state index is 11.1. The van der Waals surface area contributed by atoms with Gasteiger partial charge in [0.15, 0.2) is 0 Å². The highest BCUT2D eigenvalue weighted by molar-refractivity contribution is 5.31. The van der Waals surface area contributed by atoms with Gasteiger partial charge in [-0.05, 0) is 44.6 Å². The smallest absolute Gasteiger partial charge is 0.118 e. The van der Waals surface area contributed by atoms with Gasteiger partial charge in [-0.15, -0.1) is 0 Å². The fourth-order valence-electron chi connectivity index (χ4n) is 3.30. The van der Waals surface area contributed by atoms with Gasteiger partial charge in [-0.25, -0.2) is 0 Å². The van der Waals surface area contributed by atoms with E-state index >= 15 is 0 Å². The highest BCUT2D eigenvalue weighted by Crippen LogP contribution is 2.40. The van der Waals surface area contributed by atoms with Crippen molar-refractivity contribution < 1.29 is 22.3 Å². The SMILES string of the molecule is COc1ccc(C(CN(C)C)C2(O)CCCCC2)cc1.[Cl-]. The Morgan fingerprint density at radius 3 is 2.19 bits per heavy atom. The van der Waals surface area contributed by atoms with Gasteiger partial charge in [0.25, 0.3) is 0 Å². The Morgan fingerprint density at radius 1 is 1.14 bits per heavy atom. The lowest BCUT2D eigenvalue weighted by molar-refractivity contribution is -0.0277. The predicted molar refractivity (Wildman–Crippen MR) is 82.3 cm³/mol. The van der Waals surface area contributed by atoms with Crippen LogP contribution in [0, 0.1) is 0 Å². The summed E-state index contributed by atoms with van der Waals surface area (Å²) in [6.45, 7) is 0.878. The van der Waals surface area contributed by atoms with E-state index in [1.807, 2.05) is 12.1 Å². The Morgan fingerprint density at radius 2 is 1.71 bits per heavy atom. The van der Waals surface area contributed by atoms with Crippen molar-refractivity contribution in [2.45, 2.75) is 43.6 Å². The number of nitrogens with zero attached hydrogens (tertiary/aromatic N) is 1. The quantitative estimate of drug-likeness (QED) is 0.833. The summed E-state index contributed by atoms with van der Waals surface area (Å²) in [6.07, 6.45) is 5.35. The van der Waals surface area contributed by atoms with Gasteiger partial charge in [-0.3, -0.25) is 0 Å². The largest absolute Gasteiger partial charge is 1.00 e. The van der Waals surface area contributed by atoms with E-state index < -0.39 is 5.60 Å². The van der Waals surface area contributed by atoms with Crippen molar-refractivity contribution in [2.75, 3.05) is 27.7 Å². The van der Waals surface area contributed by atoms with E-state index in [2.05, 4.69) is 31.1 Å². The number of benzene rings is 1. The molecule has 0 amide bonds. The molecule has 2 rings (SSSR count). The molecule has 1 saturated carbocycles. The maximum Gasteiger partial charge on any atom is 0.118 e. The van der Waals surface area contributed by atoms with Gasteiger partial charge in [0, 0.05) is 12.5 Å². The van der Waals surface area contributed by atoms with Crippen LogP contribution in [0.4, 0.5) is 0 Å². The van der Waals surface area contributed by atoms with Gasteiger partial charge in [0.2, 0.25) is 0 Å². The van der Waals surface area contributed by atoms with Crippen molar-refractivity contribution in [3.05, 3.63) is 29.8 Å². The zero-order valence-electron chi connectivity index (χ0n) is 13.3. The highest BCUT2D eigenvalue weighted by Gasteiger charge is 2.38. The zero-order chi connectivity index (χ0) is 14.6. The lowest BCUT2D eigenvalue weighted by Crippen LogP contribution is -3.00. The van der Waals surface area contributed by atoms with Crippen molar-refractivity contribution in [2.24, 2.45) is 0 Å². The Kier molecular flexibility index (Phi) is 6.98. The molecule has 1 unspecified atom stereocenters.